The molecule has 0 spiro atoms. The molecule has 6 aromatic carbocycles. The van der Waals surface area contributed by atoms with E-state index < -0.39 is 0 Å². The Bertz CT molecular complexity index is 2670. The molecule has 3 nitrogen and oxygen atoms in total. The third-order valence-electron chi connectivity index (χ3n) is 10.6. The number of aromatic nitrogens is 2. The molecule has 0 aliphatic heterocycles. The van der Waals surface area contributed by atoms with Crippen molar-refractivity contribution in [2.24, 2.45) is 0 Å². The van der Waals surface area contributed by atoms with Crippen LogP contribution in [0.15, 0.2) is 176 Å². The van der Waals surface area contributed by atoms with Gasteiger partial charge in [0.2, 0.25) is 0 Å². The number of nitrogens with zero attached hydrogens (tertiary/aromatic N) is 3. The van der Waals surface area contributed by atoms with Crippen LogP contribution in [0.25, 0.3) is 78.1 Å². The Morgan fingerprint density at radius 2 is 0.943 bits per heavy atom. The first-order valence-electron chi connectivity index (χ1n) is 17.9. The van der Waals surface area contributed by atoms with E-state index in [2.05, 4.69) is 164 Å². The Morgan fingerprint density at radius 3 is 1.60 bits per heavy atom. The predicted molar refractivity (Wildman–Crippen MR) is 217 cm³/mol. The molecular formula is C50H35N3. The van der Waals surface area contributed by atoms with E-state index in [-0.39, 0.29) is 5.41 Å². The molecule has 9 rings (SSSR count). The van der Waals surface area contributed by atoms with Crippen LogP contribution in [0.4, 0.5) is 0 Å². The fraction of sp³-hybridized carbons (Fsp3) is 0.0600. The lowest BCUT2D eigenvalue weighted by molar-refractivity contribution is 0.660. The zero-order valence-electron chi connectivity index (χ0n) is 29.6. The zero-order valence-corrected chi connectivity index (χ0v) is 29.6. The normalized spacial score (nSPS) is 12.5. The van der Waals surface area contributed by atoms with Crippen molar-refractivity contribution in [2.45, 2.75) is 19.3 Å². The highest BCUT2D eigenvalue weighted by molar-refractivity contribution is 5.87. The maximum atomic E-state index is 9.65. The minimum atomic E-state index is -0.242. The fourth-order valence-electron chi connectivity index (χ4n) is 7.72. The van der Waals surface area contributed by atoms with E-state index in [4.69, 9.17) is 4.98 Å². The summed E-state index contributed by atoms with van der Waals surface area (Å²) < 4.78 is 0. The van der Waals surface area contributed by atoms with E-state index in [0.717, 1.165) is 55.9 Å². The number of pyridine rings is 2. The van der Waals surface area contributed by atoms with Crippen LogP contribution in [-0.4, -0.2) is 9.97 Å². The van der Waals surface area contributed by atoms with Gasteiger partial charge in [-0.2, -0.15) is 5.26 Å². The standard InChI is InChI=1S/C50H35N3/c1-50(2)46-24-33(31-51)15-21-44(46)45-22-20-38(28-47(45)50)40-25-41(39-14-9-23-52-32-39)27-43(26-40)49-30-42(35-12-7-4-8-13-35)29-48(53-49)37-18-16-36(17-19-37)34-10-5-3-6-11-34/h3-30,32H,1-2H3. The molecule has 0 bridgehead atoms. The first-order valence-corrected chi connectivity index (χ1v) is 17.9. The Morgan fingerprint density at radius 1 is 0.434 bits per heavy atom. The molecule has 0 saturated carbocycles. The summed E-state index contributed by atoms with van der Waals surface area (Å²) in [5.41, 5.74) is 18.2. The van der Waals surface area contributed by atoms with Crippen molar-refractivity contribution in [3.05, 3.63) is 193 Å². The van der Waals surface area contributed by atoms with Crippen LogP contribution in [0.3, 0.4) is 0 Å². The molecule has 250 valence electrons. The van der Waals surface area contributed by atoms with Gasteiger partial charge in [0.05, 0.1) is 23.0 Å². The number of hydrogen-bond donors (Lipinski definition) is 0. The summed E-state index contributed by atoms with van der Waals surface area (Å²) in [6, 6.07) is 60.1. The highest BCUT2D eigenvalue weighted by atomic mass is 14.7. The molecule has 8 aromatic rings. The van der Waals surface area contributed by atoms with Crippen LogP contribution in [-0.2, 0) is 5.41 Å². The number of fused-ring (bicyclic) bond motifs is 3. The van der Waals surface area contributed by atoms with Crippen molar-refractivity contribution >= 4 is 0 Å². The summed E-state index contributed by atoms with van der Waals surface area (Å²) in [4.78, 5) is 9.82. The Hall–Kier alpha value is -6.89. The average molecular weight is 678 g/mol. The Labute approximate surface area is 310 Å². The molecule has 2 heterocycles. The molecule has 1 aliphatic carbocycles. The van der Waals surface area contributed by atoms with Crippen LogP contribution in [0.1, 0.15) is 30.5 Å². The second-order valence-corrected chi connectivity index (χ2v) is 14.2. The van der Waals surface area contributed by atoms with Crippen molar-refractivity contribution < 1.29 is 0 Å². The highest BCUT2D eigenvalue weighted by Gasteiger charge is 2.35. The van der Waals surface area contributed by atoms with Crippen LogP contribution in [0.2, 0.25) is 0 Å². The molecule has 1 aliphatic rings. The summed E-state index contributed by atoms with van der Waals surface area (Å²) in [5.74, 6) is 0. The SMILES string of the molecule is CC1(C)c2cc(C#N)ccc2-c2ccc(-c3cc(-c4cccnc4)cc(-c4cc(-c5ccccc5)cc(-c5ccc(-c6ccccc6)cc5)n4)c3)cc21. The van der Waals surface area contributed by atoms with Gasteiger partial charge in [-0.15, -0.1) is 0 Å². The van der Waals surface area contributed by atoms with Gasteiger partial charge in [-0.05, 0) is 116 Å². The number of rotatable bonds is 6. The topological polar surface area (TPSA) is 49.6 Å². The van der Waals surface area contributed by atoms with Crippen molar-refractivity contribution in [3.8, 4) is 84.2 Å². The minimum absolute atomic E-state index is 0.242. The number of hydrogen-bond acceptors (Lipinski definition) is 3. The van der Waals surface area contributed by atoms with E-state index >= 15 is 0 Å². The van der Waals surface area contributed by atoms with Gasteiger partial charge in [0.25, 0.3) is 0 Å². The summed E-state index contributed by atoms with van der Waals surface area (Å²) in [6.45, 7) is 4.51. The summed E-state index contributed by atoms with van der Waals surface area (Å²) in [6.07, 6.45) is 3.73. The lowest BCUT2D eigenvalue weighted by Crippen LogP contribution is -2.15. The van der Waals surface area contributed by atoms with Gasteiger partial charge in [0.1, 0.15) is 0 Å². The number of nitriles is 1. The molecule has 2 aromatic heterocycles. The molecule has 0 radical (unpaired) electrons. The maximum absolute atomic E-state index is 9.65. The molecule has 0 atom stereocenters. The van der Waals surface area contributed by atoms with Gasteiger partial charge in [-0.25, -0.2) is 4.98 Å². The monoisotopic (exact) mass is 677 g/mol. The summed E-state index contributed by atoms with van der Waals surface area (Å²) in [5, 5.41) is 9.65. The summed E-state index contributed by atoms with van der Waals surface area (Å²) >= 11 is 0. The van der Waals surface area contributed by atoms with Gasteiger partial charge in [0.15, 0.2) is 0 Å². The predicted octanol–water partition coefficient (Wildman–Crippen LogP) is 12.7. The quantitative estimate of drug-likeness (QED) is 0.176. The van der Waals surface area contributed by atoms with Crippen LogP contribution < -0.4 is 0 Å². The fourth-order valence-corrected chi connectivity index (χ4v) is 7.72. The number of benzene rings is 6. The maximum Gasteiger partial charge on any atom is 0.0991 e. The summed E-state index contributed by atoms with van der Waals surface area (Å²) in [7, 11) is 0. The van der Waals surface area contributed by atoms with Gasteiger partial charge < -0.3 is 0 Å². The minimum Gasteiger partial charge on any atom is -0.264 e. The second-order valence-electron chi connectivity index (χ2n) is 14.2. The molecule has 0 amide bonds. The Balaban J connectivity index is 1.20. The van der Waals surface area contributed by atoms with Gasteiger partial charge in [-0.3, -0.25) is 4.98 Å². The largest absolute Gasteiger partial charge is 0.264 e. The first kappa shape index (κ1) is 32.0. The van der Waals surface area contributed by atoms with Gasteiger partial charge in [0, 0.05) is 34.5 Å². The van der Waals surface area contributed by atoms with Crippen LogP contribution >= 0.6 is 0 Å². The van der Waals surface area contributed by atoms with E-state index in [1.54, 1.807) is 0 Å². The van der Waals surface area contributed by atoms with Crippen molar-refractivity contribution in [3.63, 3.8) is 0 Å². The Kier molecular flexibility index (Phi) is 7.87. The van der Waals surface area contributed by atoms with E-state index in [1.807, 2.05) is 36.7 Å². The molecule has 3 heteroatoms. The zero-order chi connectivity index (χ0) is 35.9. The molecule has 0 unspecified atom stereocenters. The highest BCUT2D eigenvalue weighted by Crippen LogP contribution is 2.50. The third-order valence-corrected chi connectivity index (χ3v) is 10.6. The molecule has 0 N–H and O–H groups in total. The van der Waals surface area contributed by atoms with Crippen LogP contribution in [0.5, 0.6) is 0 Å². The van der Waals surface area contributed by atoms with Crippen LogP contribution in [0, 0.1) is 11.3 Å². The van der Waals surface area contributed by atoms with E-state index in [9.17, 15) is 5.26 Å². The molecular weight excluding hydrogens is 643 g/mol. The average Bonchev–Trinajstić information content (AvgIpc) is 3.46. The van der Waals surface area contributed by atoms with Crippen molar-refractivity contribution in [1.82, 2.24) is 9.97 Å². The second kappa shape index (κ2) is 13.0. The van der Waals surface area contributed by atoms with Crippen molar-refractivity contribution in [2.75, 3.05) is 0 Å². The van der Waals surface area contributed by atoms with Gasteiger partial charge in [-0.1, -0.05) is 123 Å². The van der Waals surface area contributed by atoms with E-state index in [0.29, 0.717) is 5.56 Å². The first-order chi connectivity index (χ1) is 25.9. The third kappa shape index (κ3) is 5.91. The lowest BCUT2D eigenvalue weighted by Gasteiger charge is -2.22. The van der Waals surface area contributed by atoms with Gasteiger partial charge >= 0.3 is 0 Å². The molecule has 53 heavy (non-hydrogen) atoms. The van der Waals surface area contributed by atoms with E-state index in [1.165, 1.54) is 33.4 Å². The van der Waals surface area contributed by atoms with Crippen molar-refractivity contribution in [1.29, 1.82) is 5.26 Å². The molecule has 0 fully saturated rings. The molecule has 0 saturated heterocycles. The lowest BCUT2D eigenvalue weighted by atomic mass is 9.81. The smallest absolute Gasteiger partial charge is 0.0991 e.